The third-order valence-corrected chi connectivity index (χ3v) is 14.3. The van der Waals surface area contributed by atoms with Crippen molar-refractivity contribution in [1.29, 1.82) is 0 Å². The summed E-state index contributed by atoms with van der Waals surface area (Å²) in [7, 11) is 0. The molecular formula is C48H47NO2. The van der Waals surface area contributed by atoms with Gasteiger partial charge in [0, 0.05) is 33.0 Å². The van der Waals surface area contributed by atoms with Gasteiger partial charge >= 0.3 is 0 Å². The van der Waals surface area contributed by atoms with Crippen LogP contribution in [-0.2, 0) is 16.2 Å². The summed E-state index contributed by atoms with van der Waals surface area (Å²) < 4.78 is 13.7. The molecule has 1 aromatic heterocycles. The van der Waals surface area contributed by atoms with Gasteiger partial charge < -0.3 is 14.1 Å². The smallest absolute Gasteiger partial charge is 0.159 e. The van der Waals surface area contributed by atoms with E-state index in [4.69, 9.17) is 9.15 Å². The quantitative estimate of drug-likeness (QED) is 0.188. The second kappa shape index (κ2) is 10.3. The third-order valence-electron chi connectivity index (χ3n) is 14.3. The molecule has 0 amide bonds. The number of furan rings is 1. The van der Waals surface area contributed by atoms with Crippen LogP contribution in [0.5, 0.6) is 11.5 Å². The van der Waals surface area contributed by atoms with Gasteiger partial charge in [0.1, 0.15) is 17.1 Å². The van der Waals surface area contributed by atoms with Crippen LogP contribution in [0.1, 0.15) is 94.9 Å². The lowest BCUT2D eigenvalue weighted by Crippen LogP contribution is -2.57. The van der Waals surface area contributed by atoms with Gasteiger partial charge in [0.05, 0.1) is 11.4 Å². The van der Waals surface area contributed by atoms with Crippen LogP contribution in [0.25, 0.3) is 21.9 Å². The molecule has 0 saturated heterocycles. The van der Waals surface area contributed by atoms with Gasteiger partial charge in [-0.1, -0.05) is 88.4 Å². The van der Waals surface area contributed by atoms with Crippen molar-refractivity contribution in [1.82, 2.24) is 0 Å². The second-order valence-electron chi connectivity index (χ2n) is 18.0. The molecular weight excluding hydrogens is 623 g/mol. The van der Waals surface area contributed by atoms with Crippen molar-refractivity contribution in [2.45, 2.75) is 88.9 Å². The maximum absolute atomic E-state index is 6.88. The highest BCUT2D eigenvalue weighted by atomic mass is 16.5. The van der Waals surface area contributed by atoms with Crippen molar-refractivity contribution >= 4 is 39.0 Å². The molecule has 5 aliphatic carbocycles. The molecule has 12 rings (SSSR count). The lowest BCUT2D eigenvalue weighted by Gasteiger charge is -2.63. The highest BCUT2D eigenvalue weighted by Crippen LogP contribution is 2.69. The van der Waals surface area contributed by atoms with E-state index in [1.165, 1.54) is 72.2 Å². The molecule has 6 aromatic rings. The first-order valence-electron chi connectivity index (χ1n) is 19.5. The molecule has 256 valence electrons. The lowest BCUT2D eigenvalue weighted by atomic mass is 9.42. The molecule has 2 heterocycles. The van der Waals surface area contributed by atoms with Crippen LogP contribution in [0.3, 0.4) is 0 Å². The number of nitrogens with zero attached hydrogens (tertiary/aromatic N) is 1. The molecule has 4 fully saturated rings. The molecule has 0 unspecified atom stereocenters. The summed E-state index contributed by atoms with van der Waals surface area (Å²) in [5.74, 6) is 5.15. The summed E-state index contributed by atoms with van der Waals surface area (Å²) in [6.45, 7) is 9.76. The Hall–Kier alpha value is -4.50. The zero-order chi connectivity index (χ0) is 34.3. The van der Waals surface area contributed by atoms with Crippen molar-refractivity contribution in [3.8, 4) is 11.5 Å². The Balaban J connectivity index is 1.20. The van der Waals surface area contributed by atoms with E-state index < -0.39 is 0 Å². The summed E-state index contributed by atoms with van der Waals surface area (Å²) in [5, 5.41) is 2.32. The summed E-state index contributed by atoms with van der Waals surface area (Å²) in [6, 6.07) is 38.4. The molecule has 3 nitrogen and oxygen atoms in total. The topological polar surface area (TPSA) is 25.6 Å². The molecule has 3 heteroatoms. The van der Waals surface area contributed by atoms with Crippen LogP contribution in [-0.4, -0.2) is 0 Å². The SMILES string of the molecule is CC1(C)CCC(C)(C)c2c(N(c3ccc4c(c3)C3(c5ccccc5O4)C4CC5CC(C4)CC3C5)c3cccc4c3oc3ccccc34)cccc21. The first kappa shape index (κ1) is 30.2. The first-order chi connectivity index (χ1) is 24.7. The minimum absolute atomic E-state index is 0.0143. The number of hydrogen-bond acceptors (Lipinski definition) is 3. The average Bonchev–Trinajstić information content (AvgIpc) is 3.51. The third kappa shape index (κ3) is 4.07. The predicted molar refractivity (Wildman–Crippen MR) is 208 cm³/mol. The van der Waals surface area contributed by atoms with Gasteiger partial charge in [-0.25, -0.2) is 0 Å². The largest absolute Gasteiger partial charge is 0.457 e. The van der Waals surface area contributed by atoms with Crippen LogP contribution in [0.15, 0.2) is 108 Å². The Morgan fingerprint density at radius 1 is 0.569 bits per heavy atom. The van der Waals surface area contributed by atoms with Crippen molar-refractivity contribution in [2.24, 2.45) is 23.7 Å². The molecule has 0 atom stereocenters. The second-order valence-corrected chi connectivity index (χ2v) is 18.0. The molecule has 1 spiro atoms. The van der Waals surface area contributed by atoms with Gasteiger partial charge in [0.25, 0.3) is 0 Å². The van der Waals surface area contributed by atoms with Crippen LogP contribution in [0.2, 0.25) is 0 Å². The van der Waals surface area contributed by atoms with E-state index in [9.17, 15) is 0 Å². The fraction of sp³-hybridized carbons (Fsp3) is 0.375. The molecule has 4 bridgehead atoms. The minimum Gasteiger partial charge on any atom is -0.457 e. The molecule has 5 aromatic carbocycles. The Kier molecular flexibility index (Phi) is 6.09. The van der Waals surface area contributed by atoms with Crippen LogP contribution >= 0.6 is 0 Å². The maximum atomic E-state index is 6.88. The zero-order valence-electron chi connectivity index (χ0n) is 30.3. The van der Waals surface area contributed by atoms with Crippen molar-refractivity contribution < 1.29 is 9.15 Å². The first-order valence-corrected chi connectivity index (χ1v) is 19.5. The maximum Gasteiger partial charge on any atom is 0.159 e. The Labute approximate surface area is 301 Å². The highest BCUT2D eigenvalue weighted by molar-refractivity contribution is 6.10. The van der Waals surface area contributed by atoms with E-state index in [2.05, 4.69) is 136 Å². The van der Waals surface area contributed by atoms with Crippen LogP contribution in [0, 0.1) is 23.7 Å². The van der Waals surface area contributed by atoms with E-state index in [0.717, 1.165) is 57.4 Å². The number of benzene rings is 5. The zero-order valence-corrected chi connectivity index (χ0v) is 30.3. The number of anilines is 3. The van der Waals surface area contributed by atoms with Crippen LogP contribution in [0.4, 0.5) is 17.1 Å². The number of hydrogen-bond donors (Lipinski definition) is 0. The molecule has 51 heavy (non-hydrogen) atoms. The van der Waals surface area contributed by atoms with Gasteiger partial charge in [0.15, 0.2) is 5.58 Å². The number of ether oxygens (including phenoxy) is 1. The number of rotatable bonds is 3. The van der Waals surface area contributed by atoms with E-state index in [-0.39, 0.29) is 16.2 Å². The Morgan fingerprint density at radius 2 is 1.22 bits per heavy atom. The van der Waals surface area contributed by atoms with Gasteiger partial charge in [-0.3, -0.25) is 0 Å². The standard InChI is InChI=1S/C48H47NO2/c1-46(2)21-22-47(3,4)44-37(46)14-10-15-39(44)49(40-16-9-12-35-34-11-5-7-17-41(34)51-45(35)40)33-19-20-43-38(28-33)48(36-13-6-8-18-42(36)50-43)31-24-29-23-30(26-31)27-32(48)25-29/h5-20,28-32H,21-27H2,1-4H3. The molecule has 1 aliphatic heterocycles. The summed E-state index contributed by atoms with van der Waals surface area (Å²) in [6.07, 6.45) is 9.11. The predicted octanol–water partition coefficient (Wildman–Crippen LogP) is 13.3. The molecule has 6 aliphatic rings. The lowest BCUT2D eigenvalue weighted by molar-refractivity contribution is -0.0452. The molecule has 0 N–H and O–H groups in total. The fourth-order valence-electron chi connectivity index (χ4n) is 12.2. The van der Waals surface area contributed by atoms with E-state index in [0.29, 0.717) is 11.8 Å². The van der Waals surface area contributed by atoms with Crippen molar-refractivity contribution in [3.63, 3.8) is 0 Å². The Morgan fingerprint density at radius 3 is 2.04 bits per heavy atom. The van der Waals surface area contributed by atoms with Crippen molar-refractivity contribution in [3.05, 3.63) is 125 Å². The average molecular weight is 670 g/mol. The van der Waals surface area contributed by atoms with Gasteiger partial charge in [-0.05, 0) is 133 Å². The highest BCUT2D eigenvalue weighted by Gasteiger charge is 2.61. The van der Waals surface area contributed by atoms with E-state index in [1.54, 1.807) is 0 Å². The van der Waals surface area contributed by atoms with Gasteiger partial charge in [0.2, 0.25) is 0 Å². The fourth-order valence-corrected chi connectivity index (χ4v) is 12.2. The van der Waals surface area contributed by atoms with E-state index in [1.807, 2.05) is 0 Å². The van der Waals surface area contributed by atoms with Gasteiger partial charge in [-0.15, -0.1) is 0 Å². The monoisotopic (exact) mass is 669 g/mol. The summed E-state index contributed by atoms with van der Waals surface area (Å²) in [5.41, 5.74) is 11.2. The Bertz CT molecular complexity index is 2360. The van der Waals surface area contributed by atoms with Gasteiger partial charge in [-0.2, -0.15) is 0 Å². The number of fused-ring (bicyclic) bond motifs is 6. The summed E-state index contributed by atoms with van der Waals surface area (Å²) in [4.78, 5) is 2.55. The van der Waals surface area contributed by atoms with Crippen molar-refractivity contribution in [2.75, 3.05) is 4.90 Å². The van der Waals surface area contributed by atoms with E-state index >= 15 is 0 Å². The molecule has 4 saturated carbocycles. The van der Waals surface area contributed by atoms with Crippen LogP contribution < -0.4 is 9.64 Å². The summed E-state index contributed by atoms with van der Waals surface area (Å²) >= 11 is 0. The number of para-hydroxylation sites is 3. The normalized spacial score (nSPS) is 27.6. The molecule has 0 radical (unpaired) electrons. The minimum atomic E-state index is -0.0258.